The van der Waals surface area contributed by atoms with Crippen LogP contribution >= 0.6 is 11.8 Å². The lowest BCUT2D eigenvalue weighted by Gasteiger charge is -2.39. The van der Waals surface area contributed by atoms with Gasteiger partial charge in [-0.25, -0.2) is 14.4 Å². The third-order valence-electron chi connectivity index (χ3n) is 4.84. The standard InChI is InChI=1S/C17H22FN5S/c1-3-17(2)5-8-23(9-6-17)14-11-21-16(15(19)22-14)24-13-4-7-20-10-12(13)18/h4,7,10-11H,3,5-6,8-9H2,1-2H3,(H2,19,22). The van der Waals surface area contributed by atoms with E-state index in [0.29, 0.717) is 21.2 Å². The van der Waals surface area contributed by atoms with Crippen LogP contribution in [0.15, 0.2) is 34.6 Å². The maximum atomic E-state index is 13.7. The summed E-state index contributed by atoms with van der Waals surface area (Å²) in [6, 6.07) is 1.60. The van der Waals surface area contributed by atoms with Crippen molar-refractivity contribution in [2.45, 2.75) is 43.0 Å². The molecule has 3 rings (SSSR count). The first-order valence-corrected chi connectivity index (χ1v) is 8.97. The van der Waals surface area contributed by atoms with E-state index in [1.807, 2.05) is 0 Å². The summed E-state index contributed by atoms with van der Waals surface area (Å²) in [4.78, 5) is 15.3. The number of halogens is 1. The predicted molar refractivity (Wildman–Crippen MR) is 94.6 cm³/mol. The molecule has 7 heteroatoms. The zero-order valence-electron chi connectivity index (χ0n) is 14.0. The second kappa shape index (κ2) is 6.93. The van der Waals surface area contributed by atoms with Gasteiger partial charge in [-0.1, -0.05) is 32.0 Å². The predicted octanol–water partition coefficient (Wildman–Crippen LogP) is 3.76. The smallest absolute Gasteiger partial charge is 0.158 e. The van der Waals surface area contributed by atoms with Crippen LogP contribution in [0.4, 0.5) is 16.0 Å². The Bertz CT molecular complexity index is 716. The fourth-order valence-corrected chi connectivity index (χ4v) is 3.54. The molecule has 3 heterocycles. The van der Waals surface area contributed by atoms with E-state index in [9.17, 15) is 4.39 Å². The van der Waals surface area contributed by atoms with Gasteiger partial charge in [-0.2, -0.15) is 0 Å². The largest absolute Gasteiger partial charge is 0.381 e. The number of pyridine rings is 1. The van der Waals surface area contributed by atoms with Crippen molar-refractivity contribution in [2.24, 2.45) is 5.41 Å². The van der Waals surface area contributed by atoms with Crippen LogP contribution in [0.5, 0.6) is 0 Å². The highest BCUT2D eigenvalue weighted by atomic mass is 32.2. The third kappa shape index (κ3) is 3.61. The topological polar surface area (TPSA) is 67.9 Å². The third-order valence-corrected chi connectivity index (χ3v) is 5.90. The summed E-state index contributed by atoms with van der Waals surface area (Å²) in [5, 5.41) is 0.513. The highest BCUT2D eigenvalue weighted by Gasteiger charge is 2.29. The van der Waals surface area contributed by atoms with E-state index >= 15 is 0 Å². The van der Waals surface area contributed by atoms with Gasteiger partial charge in [-0.05, 0) is 24.3 Å². The lowest BCUT2D eigenvalue weighted by Crippen LogP contribution is -2.39. The average molecular weight is 347 g/mol. The fourth-order valence-electron chi connectivity index (χ4n) is 2.79. The summed E-state index contributed by atoms with van der Waals surface area (Å²) in [6.45, 7) is 6.51. The minimum absolute atomic E-state index is 0.331. The maximum absolute atomic E-state index is 13.7. The Morgan fingerprint density at radius 2 is 2.08 bits per heavy atom. The number of hydrogen-bond donors (Lipinski definition) is 1. The van der Waals surface area contributed by atoms with Gasteiger partial charge in [0.05, 0.1) is 17.3 Å². The van der Waals surface area contributed by atoms with E-state index in [2.05, 4.69) is 33.7 Å². The molecular formula is C17H22FN5S. The van der Waals surface area contributed by atoms with E-state index in [1.54, 1.807) is 18.5 Å². The number of anilines is 2. The van der Waals surface area contributed by atoms with Crippen LogP contribution in [0.2, 0.25) is 0 Å². The lowest BCUT2D eigenvalue weighted by atomic mass is 9.78. The van der Waals surface area contributed by atoms with Crippen LogP contribution in [0.1, 0.15) is 33.1 Å². The molecule has 0 unspecified atom stereocenters. The fraction of sp³-hybridized carbons (Fsp3) is 0.471. The van der Waals surface area contributed by atoms with Crippen molar-refractivity contribution in [3.8, 4) is 0 Å². The molecule has 24 heavy (non-hydrogen) atoms. The Morgan fingerprint density at radius 1 is 1.33 bits per heavy atom. The Kier molecular flexibility index (Phi) is 4.89. The number of nitrogens with two attached hydrogens (primary N) is 1. The van der Waals surface area contributed by atoms with Gasteiger partial charge in [-0.3, -0.25) is 4.98 Å². The van der Waals surface area contributed by atoms with Gasteiger partial charge in [-0.15, -0.1) is 0 Å². The van der Waals surface area contributed by atoms with E-state index in [-0.39, 0.29) is 5.82 Å². The van der Waals surface area contributed by atoms with Crippen LogP contribution < -0.4 is 10.6 Å². The van der Waals surface area contributed by atoms with Crippen molar-refractivity contribution in [3.63, 3.8) is 0 Å². The molecule has 0 saturated carbocycles. The lowest BCUT2D eigenvalue weighted by molar-refractivity contribution is 0.237. The monoisotopic (exact) mass is 347 g/mol. The van der Waals surface area contributed by atoms with Gasteiger partial charge < -0.3 is 10.6 Å². The Hall–Kier alpha value is -1.89. The van der Waals surface area contributed by atoms with E-state index in [4.69, 9.17) is 5.73 Å². The molecule has 128 valence electrons. The summed E-state index contributed by atoms with van der Waals surface area (Å²) < 4.78 is 13.7. The molecule has 0 aromatic carbocycles. The minimum atomic E-state index is -0.386. The molecular weight excluding hydrogens is 325 g/mol. The Labute approximate surface area is 145 Å². The Morgan fingerprint density at radius 3 is 2.71 bits per heavy atom. The molecule has 0 aliphatic carbocycles. The van der Waals surface area contributed by atoms with Crippen LogP contribution in [0.3, 0.4) is 0 Å². The van der Waals surface area contributed by atoms with Crippen LogP contribution in [0.25, 0.3) is 0 Å². The maximum Gasteiger partial charge on any atom is 0.158 e. The van der Waals surface area contributed by atoms with Crippen molar-refractivity contribution < 1.29 is 4.39 Å². The molecule has 2 N–H and O–H groups in total. The summed E-state index contributed by atoms with van der Waals surface area (Å²) in [7, 11) is 0. The normalized spacial score (nSPS) is 17.0. The summed E-state index contributed by atoms with van der Waals surface area (Å²) in [5.41, 5.74) is 6.47. The van der Waals surface area contributed by atoms with Gasteiger partial charge in [0.1, 0.15) is 10.8 Å². The first-order chi connectivity index (χ1) is 11.5. The average Bonchev–Trinajstić information content (AvgIpc) is 2.59. The molecule has 5 nitrogen and oxygen atoms in total. The minimum Gasteiger partial charge on any atom is -0.381 e. The van der Waals surface area contributed by atoms with Crippen molar-refractivity contribution in [1.29, 1.82) is 0 Å². The first kappa shape index (κ1) is 17.0. The molecule has 0 amide bonds. The van der Waals surface area contributed by atoms with Crippen LogP contribution in [0, 0.1) is 11.2 Å². The van der Waals surface area contributed by atoms with Crippen LogP contribution in [-0.2, 0) is 0 Å². The highest BCUT2D eigenvalue weighted by Crippen LogP contribution is 2.36. The number of nitrogens with zero attached hydrogens (tertiary/aromatic N) is 4. The number of nitrogen functional groups attached to an aromatic ring is 1. The van der Waals surface area contributed by atoms with E-state index in [1.165, 1.54) is 24.4 Å². The molecule has 0 radical (unpaired) electrons. The SMILES string of the molecule is CCC1(C)CCN(c2cnc(Sc3ccncc3F)c(N)n2)CC1. The number of rotatable bonds is 4. The molecule has 0 bridgehead atoms. The molecule has 1 aliphatic heterocycles. The summed E-state index contributed by atoms with van der Waals surface area (Å²) >= 11 is 1.17. The zero-order chi connectivity index (χ0) is 17.2. The molecule has 0 spiro atoms. The van der Waals surface area contributed by atoms with E-state index in [0.717, 1.165) is 31.7 Å². The van der Waals surface area contributed by atoms with Crippen molar-refractivity contribution >= 4 is 23.4 Å². The second-order valence-corrected chi connectivity index (χ2v) is 7.51. The molecule has 0 atom stereocenters. The quantitative estimate of drug-likeness (QED) is 0.908. The van der Waals surface area contributed by atoms with Gasteiger partial charge in [0.25, 0.3) is 0 Å². The van der Waals surface area contributed by atoms with Gasteiger partial charge in [0.2, 0.25) is 0 Å². The molecule has 1 saturated heterocycles. The van der Waals surface area contributed by atoms with Gasteiger partial charge in [0.15, 0.2) is 11.6 Å². The number of hydrogen-bond acceptors (Lipinski definition) is 6. The Balaban J connectivity index is 1.73. The molecule has 2 aromatic heterocycles. The molecule has 2 aromatic rings. The summed E-state index contributed by atoms with van der Waals surface area (Å²) in [6.07, 6.45) is 7.93. The van der Waals surface area contributed by atoms with Gasteiger partial charge >= 0.3 is 0 Å². The highest BCUT2D eigenvalue weighted by molar-refractivity contribution is 7.99. The number of piperidine rings is 1. The van der Waals surface area contributed by atoms with Crippen LogP contribution in [-0.4, -0.2) is 28.0 Å². The molecule has 1 fully saturated rings. The first-order valence-electron chi connectivity index (χ1n) is 8.15. The zero-order valence-corrected chi connectivity index (χ0v) is 14.8. The van der Waals surface area contributed by atoms with E-state index < -0.39 is 0 Å². The van der Waals surface area contributed by atoms with Gasteiger partial charge in [0, 0.05) is 19.3 Å². The van der Waals surface area contributed by atoms with Crippen molar-refractivity contribution in [2.75, 3.05) is 23.7 Å². The van der Waals surface area contributed by atoms with Crippen molar-refractivity contribution in [3.05, 3.63) is 30.5 Å². The second-order valence-electron chi connectivity index (χ2n) is 6.48. The van der Waals surface area contributed by atoms with Crippen molar-refractivity contribution in [1.82, 2.24) is 15.0 Å². The molecule has 1 aliphatic rings. The summed E-state index contributed by atoms with van der Waals surface area (Å²) in [5.74, 6) is 0.741. The number of aromatic nitrogens is 3.